The van der Waals surface area contributed by atoms with Gasteiger partial charge in [-0.25, -0.2) is 8.78 Å². The molecule has 4 heterocycles. The molecule has 15 nitrogen and oxygen atoms in total. The van der Waals surface area contributed by atoms with Crippen LogP contribution in [0.5, 0.6) is 0 Å². The molecule has 8 rings (SSSR count). The maximum Gasteiger partial charge on any atom is 0.343 e. The Kier molecular flexibility index (Phi) is 14.9. The normalized spacial score (nSPS) is 14.1. The van der Waals surface area contributed by atoms with Gasteiger partial charge in [0.15, 0.2) is 5.82 Å². The van der Waals surface area contributed by atoms with Gasteiger partial charge in [-0.3, -0.25) is 9.59 Å². The quantitative estimate of drug-likeness (QED) is 0.134. The lowest BCUT2D eigenvalue weighted by Crippen LogP contribution is -2.29. The molecule has 1 amide bonds. The van der Waals surface area contributed by atoms with Crippen molar-refractivity contribution in [2.45, 2.75) is 78.6 Å². The number of amides is 1. The maximum absolute atomic E-state index is 14.0. The minimum Gasteiger partial charge on any atom is -0.407 e. The van der Waals surface area contributed by atoms with Crippen LogP contribution in [0.4, 0.5) is 20.4 Å². The smallest absolute Gasteiger partial charge is 0.343 e. The van der Waals surface area contributed by atoms with E-state index < -0.39 is 16.1 Å². The zero-order valence-electron chi connectivity index (χ0n) is 31.7. The Morgan fingerprint density at radius 2 is 1.21 bits per heavy atom. The Hall–Kier alpha value is -5.81. The maximum atomic E-state index is 14.0. The van der Waals surface area contributed by atoms with E-state index in [4.69, 9.17) is 26.2 Å². The monoisotopic (exact) mass is 807 g/mol. The first-order chi connectivity index (χ1) is 26.8. The molecule has 4 aromatic heterocycles. The number of nitrogens with one attached hydrogen (secondary N) is 1. The third-order valence-electron chi connectivity index (χ3n) is 9.29. The molecule has 0 saturated heterocycles. The van der Waals surface area contributed by atoms with Crippen LogP contribution in [0.3, 0.4) is 0 Å². The third-order valence-corrected chi connectivity index (χ3v) is 9.66. The fourth-order valence-corrected chi connectivity index (χ4v) is 6.04. The van der Waals surface area contributed by atoms with Crippen molar-refractivity contribution in [2.24, 2.45) is 0 Å². The molecule has 2 aromatic carbocycles. The molecule has 0 atom stereocenters. The topological polar surface area (TPSA) is 189 Å². The van der Waals surface area contributed by atoms with E-state index in [-0.39, 0.29) is 31.0 Å². The van der Waals surface area contributed by atoms with Crippen molar-refractivity contribution in [2.75, 3.05) is 30.7 Å². The fraction of sp³-hybridized carbons (Fsp3) is 0.385. The van der Waals surface area contributed by atoms with Crippen molar-refractivity contribution in [1.82, 2.24) is 44.9 Å². The number of rotatable bonds is 10. The third kappa shape index (κ3) is 10.7. The number of aromatic nitrogens is 8. The van der Waals surface area contributed by atoms with Gasteiger partial charge in [-0.05, 0) is 69.1 Å². The molecule has 2 aliphatic rings. The summed E-state index contributed by atoms with van der Waals surface area (Å²) in [5.41, 5.74) is 4.74. The first-order valence-electron chi connectivity index (χ1n) is 18.1. The SMILES string of the molecule is C.CCN(CC)CC.Cc1nnc(-n2ccc(N)n2)o1.Cc1nnc(-n2ccc(NC(=O)C3(c4ccccc4F)CC3)n2)o1.O=C(Cl)C1(c2ccccc2F)CC1. The molecule has 2 aliphatic carbocycles. The van der Waals surface area contributed by atoms with E-state index in [9.17, 15) is 18.4 Å². The average molecular weight is 808 g/mol. The van der Waals surface area contributed by atoms with Crippen molar-refractivity contribution >= 4 is 34.4 Å². The van der Waals surface area contributed by atoms with Crippen LogP contribution in [0, 0.1) is 25.5 Å². The molecule has 57 heavy (non-hydrogen) atoms. The van der Waals surface area contributed by atoms with Gasteiger partial charge in [0.2, 0.25) is 22.9 Å². The number of carbonyl (C=O) groups excluding carboxylic acids is 2. The number of hydrogen-bond donors (Lipinski definition) is 2. The number of aryl methyl sites for hydroxylation is 2. The number of anilines is 2. The second-order valence-corrected chi connectivity index (χ2v) is 13.4. The lowest BCUT2D eigenvalue weighted by atomic mass is 9.94. The molecular formula is C39H48ClF2N11O4. The van der Waals surface area contributed by atoms with Gasteiger partial charge in [0.25, 0.3) is 0 Å². The number of carbonyl (C=O) groups is 2. The molecular weight excluding hydrogens is 760 g/mol. The van der Waals surface area contributed by atoms with E-state index in [2.05, 4.69) is 61.6 Å². The van der Waals surface area contributed by atoms with Crippen LogP contribution in [-0.4, -0.2) is 75.6 Å². The number of benzene rings is 2. The minimum absolute atomic E-state index is 0. The van der Waals surface area contributed by atoms with Gasteiger partial charge in [0.1, 0.15) is 17.5 Å². The Balaban J connectivity index is 0.000000185. The highest BCUT2D eigenvalue weighted by molar-refractivity contribution is 6.66. The molecule has 2 fully saturated rings. The molecule has 304 valence electrons. The van der Waals surface area contributed by atoms with Crippen LogP contribution < -0.4 is 11.1 Å². The van der Waals surface area contributed by atoms with Crippen LogP contribution in [0.25, 0.3) is 12.0 Å². The number of nitrogen functional groups attached to an aromatic ring is 1. The van der Waals surface area contributed by atoms with Crippen molar-refractivity contribution in [3.05, 3.63) is 108 Å². The Morgan fingerprint density at radius 1 is 0.754 bits per heavy atom. The van der Waals surface area contributed by atoms with Crippen LogP contribution in [0.2, 0.25) is 0 Å². The summed E-state index contributed by atoms with van der Waals surface area (Å²) < 4.78 is 40.5. The number of hydrogen-bond acceptors (Lipinski definition) is 12. The van der Waals surface area contributed by atoms with Gasteiger partial charge < -0.3 is 24.8 Å². The zero-order chi connectivity index (χ0) is 40.5. The average Bonchev–Trinajstić information content (AvgIpc) is 3.91. The molecule has 0 aliphatic heterocycles. The Labute approximate surface area is 334 Å². The lowest BCUT2D eigenvalue weighted by Gasteiger charge is -2.15. The van der Waals surface area contributed by atoms with E-state index in [1.54, 1.807) is 74.8 Å². The summed E-state index contributed by atoms with van der Waals surface area (Å²) >= 11 is 5.43. The Bertz CT molecular complexity index is 2180. The molecule has 0 unspecified atom stereocenters. The summed E-state index contributed by atoms with van der Waals surface area (Å²) in [6.07, 6.45) is 5.81. The second kappa shape index (κ2) is 19.4. The van der Waals surface area contributed by atoms with Crippen LogP contribution in [0.15, 0.2) is 81.9 Å². The largest absolute Gasteiger partial charge is 0.407 e. The van der Waals surface area contributed by atoms with E-state index in [0.717, 1.165) is 0 Å². The van der Waals surface area contributed by atoms with Crippen LogP contribution in [0.1, 0.15) is 76.8 Å². The standard InChI is InChI=1S/C16H14FN5O2.C10H8ClFO.C6H7N5O.C6H15N.CH4/c1-10-19-20-15(24-10)22-9-6-13(21-22)18-14(23)16(7-8-16)11-4-2-3-5-12(11)17;11-9(13)10(5-6-10)7-3-1-2-4-8(7)12;1-4-8-9-6(12-4)11-3-2-5(7)10-11;1-4-7(5-2)6-3;/h2-6,9H,7-8H2,1H3,(H,18,21,23);1-4H,5-6H2;2-3H,1H3,(H2,7,10);4-6H2,1-3H3;1H4. The lowest BCUT2D eigenvalue weighted by molar-refractivity contribution is -0.118. The summed E-state index contributed by atoms with van der Waals surface area (Å²) in [5.74, 6) is 0.719. The molecule has 18 heteroatoms. The van der Waals surface area contributed by atoms with Gasteiger partial charge >= 0.3 is 12.0 Å². The molecule has 0 bridgehead atoms. The van der Waals surface area contributed by atoms with Crippen molar-refractivity contribution in [3.63, 3.8) is 0 Å². The van der Waals surface area contributed by atoms with Crippen molar-refractivity contribution in [1.29, 1.82) is 0 Å². The predicted molar refractivity (Wildman–Crippen MR) is 211 cm³/mol. The molecule has 6 aromatic rings. The second-order valence-electron chi connectivity index (χ2n) is 13.0. The first kappa shape index (κ1) is 43.9. The number of nitrogens with zero attached hydrogens (tertiary/aromatic N) is 9. The van der Waals surface area contributed by atoms with E-state index >= 15 is 0 Å². The van der Waals surface area contributed by atoms with Gasteiger partial charge in [-0.15, -0.1) is 20.4 Å². The minimum atomic E-state index is -0.809. The molecule has 2 saturated carbocycles. The van der Waals surface area contributed by atoms with E-state index in [0.29, 0.717) is 66.2 Å². The van der Waals surface area contributed by atoms with E-state index in [1.165, 1.54) is 41.1 Å². The first-order valence-corrected chi connectivity index (χ1v) is 18.4. The van der Waals surface area contributed by atoms with Gasteiger partial charge in [-0.1, -0.05) is 74.8 Å². The summed E-state index contributed by atoms with van der Waals surface area (Å²) in [6.45, 7) is 13.5. The summed E-state index contributed by atoms with van der Waals surface area (Å²) in [7, 11) is 0. The summed E-state index contributed by atoms with van der Waals surface area (Å²) in [5, 5.41) is 25.4. The summed E-state index contributed by atoms with van der Waals surface area (Å²) in [4.78, 5) is 26.1. The van der Waals surface area contributed by atoms with Gasteiger partial charge in [0, 0.05) is 49.5 Å². The van der Waals surface area contributed by atoms with Gasteiger partial charge in [-0.2, -0.15) is 9.36 Å². The fourth-order valence-electron chi connectivity index (χ4n) is 5.75. The highest BCUT2D eigenvalue weighted by Crippen LogP contribution is 2.51. The van der Waals surface area contributed by atoms with E-state index in [1.807, 2.05) is 0 Å². The Morgan fingerprint density at radius 3 is 1.58 bits per heavy atom. The number of halogens is 3. The van der Waals surface area contributed by atoms with Crippen LogP contribution in [-0.2, 0) is 20.4 Å². The molecule has 0 radical (unpaired) electrons. The summed E-state index contributed by atoms with van der Waals surface area (Å²) in [6, 6.07) is 16.5. The predicted octanol–water partition coefficient (Wildman–Crippen LogP) is 7.13. The van der Waals surface area contributed by atoms with Crippen LogP contribution >= 0.6 is 11.6 Å². The zero-order valence-corrected chi connectivity index (χ0v) is 32.5. The molecule has 3 N–H and O–H groups in total. The van der Waals surface area contributed by atoms with Crippen molar-refractivity contribution < 1.29 is 27.2 Å². The van der Waals surface area contributed by atoms with Crippen molar-refractivity contribution in [3.8, 4) is 12.0 Å². The highest BCUT2D eigenvalue weighted by atomic mass is 35.5. The number of nitrogens with two attached hydrogens (primary N) is 1. The highest BCUT2D eigenvalue weighted by Gasteiger charge is 2.53. The molecule has 0 spiro atoms. The van der Waals surface area contributed by atoms with Gasteiger partial charge in [0.05, 0.1) is 10.8 Å².